The number of nitrogens with zero attached hydrogens (tertiary/aromatic N) is 3. The molecule has 3 rings (SSSR count). The van der Waals surface area contributed by atoms with Crippen molar-refractivity contribution in [1.29, 1.82) is 0 Å². The summed E-state index contributed by atoms with van der Waals surface area (Å²) in [5, 5.41) is 12.5. The van der Waals surface area contributed by atoms with Crippen LogP contribution in [0.15, 0.2) is 42.5 Å². The predicted octanol–water partition coefficient (Wildman–Crippen LogP) is 3.28. The molecule has 2 aromatic carbocycles. The molecule has 0 saturated carbocycles. The Labute approximate surface area is 199 Å². The molecule has 0 spiro atoms. The summed E-state index contributed by atoms with van der Waals surface area (Å²) in [6.45, 7) is 4.23. The molecular weight excluding hydrogens is 439 g/mol. The van der Waals surface area contributed by atoms with Crippen LogP contribution in [0.4, 0.5) is 20.6 Å². The van der Waals surface area contributed by atoms with Crippen LogP contribution in [0.2, 0.25) is 0 Å². The minimum Gasteiger partial charge on any atom is -0.485 e. The standard InChI is InChI=1S/C25H33FN4O4/c1-16-13-30(17(2)15-31)24(32)20-7-6-8-21(28(3)4)23(20)34-22(16)14-29(5)25(33)27-19-11-9-18(26)10-12-19/h6-12,16-17,22,31H,13-15H2,1-5H3,(H,27,33)/t16-,17+,22-/m1/s1. The summed E-state index contributed by atoms with van der Waals surface area (Å²) in [6.07, 6.45) is -0.426. The number of hydrogen-bond donors (Lipinski definition) is 2. The normalized spacial score (nSPS) is 18.8. The van der Waals surface area contributed by atoms with Crippen molar-refractivity contribution in [3.05, 3.63) is 53.8 Å². The third kappa shape index (κ3) is 5.59. The molecule has 0 fully saturated rings. The summed E-state index contributed by atoms with van der Waals surface area (Å²) in [6, 6.07) is 10.2. The Morgan fingerprint density at radius 3 is 2.53 bits per heavy atom. The zero-order chi connectivity index (χ0) is 25.0. The number of rotatable bonds is 6. The van der Waals surface area contributed by atoms with Crippen LogP contribution >= 0.6 is 0 Å². The van der Waals surface area contributed by atoms with E-state index in [4.69, 9.17) is 4.74 Å². The number of hydrogen-bond acceptors (Lipinski definition) is 5. The van der Waals surface area contributed by atoms with E-state index in [-0.39, 0.29) is 42.9 Å². The Morgan fingerprint density at radius 1 is 1.24 bits per heavy atom. The van der Waals surface area contributed by atoms with Crippen LogP contribution in [-0.2, 0) is 0 Å². The van der Waals surface area contributed by atoms with Crippen LogP contribution < -0.4 is 15.0 Å². The van der Waals surface area contributed by atoms with Crippen molar-refractivity contribution >= 4 is 23.3 Å². The quantitative estimate of drug-likeness (QED) is 0.674. The van der Waals surface area contributed by atoms with Crippen LogP contribution in [0.3, 0.4) is 0 Å². The van der Waals surface area contributed by atoms with Gasteiger partial charge in [0, 0.05) is 39.3 Å². The minimum absolute atomic E-state index is 0.137. The van der Waals surface area contributed by atoms with Gasteiger partial charge in [0.05, 0.1) is 30.4 Å². The lowest BCUT2D eigenvalue weighted by Gasteiger charge is -2.39. The third-order valence-electron chi connectivity index (χ3n) is 6.05. The Balaban J connectivity index is 1.89. The number of aliphatic hydroxyl groups excluding tert-OH is 1. The molecule has 2 N–H and O–H groups in total. The smallest absolute Gasteiger partial charge is 0.321 e. The first-order chi connectivity index (χ1) is 16.1. The van der Waals surface area contributed by atoms with Crippen LogP contribution in [0, 0.1) is 11.7 Å². The molecule has 1 aliphatic heterocycles. The van der Waals surface area contributed by atoms with E-state index >= 15 is 0 Å². The molecule has 3 atom stereocenters. The topological polar surface area (TPSA) is 85.4 Å². The minimum atomic E-state index is -0.426. The summed E-state index contributed by atoms with van der Waals surface area (Å²) in [7, 11) is 5.40. The molecule has 1 aliphatic rings. The van der Waals surface area contributed by atoms with Crippen molar-refractivity contribution in [2.24, 2.45) is 5.92 Å². The number of fused-ring (bicyclic) bond motifs is 1. The molecule has 0 aliphatic carbocycles. The van der Waals surface area contributed by atoms with Gasteiger partial charge in [-0.15, -0.1) is 0 Å². The summed E-state index contributed by atoms with van der Waals surface area (Å²) in [4.78, 5) is 31.2. The first-order valence-corrected chi connectivity index (χ1v) is 11.3. The van der Waals surface area contributed by atoms with Crippen molar-refractivity contribution in [3.8, 4) is 5.75 Å². The molecule has 1 heterocycles. The Kier molecular flexibility index (Phi) is 7.98. The maximum absolute atomic E-state index is 13.4. The number of ether oxygens (including phenoxy) is 1. The number of nitrogens with one attached hydrogen (secondary N) is 1. The number of halogens is 1. The summed E-state index contributed by atoms with van der Waals surface area (Å²) >= 11 is 0. The van der Waals surface area contributed by atoms with Gasteiger partial charge in [-0.1, -0.05) is 13.0 Å². The maximum atomic E-state index is 13.4. The van der Waals surface area contributed by atoms with E-state index < -0.39 is 6.10 Å². The van der Waals surface area contributed by atoms with E-state index in [1.165, 1.54) is 29.2 Å². The zero-order valence-corrected chi connectivity index (χ0v) is 20.3. The second-order valence-electron chi connectivity index (χ2n) is 8.99. The lowest BCUT2D eigenvalue weighted by atomic mass is 9.99. The van der Waals surface area contributed by atoms with Crippen LogP contribution in [-0.4, -0.2) is 79.8 Å². The second kappa shape index (κ2) is 10.7. The van der Waals surface area contributed by atoms with E-state index in [0.29, 0.717) is 23.5 Å². The monoisotopic (exact) mass is 472 g/mol. The summed E-state index contributed by atoms with van der Waals surface area (Å²) < 4.78 is 19.6. The fraction of sp³-hybridized carbons (Fsp3) is 0.440. The van der Waals surface area contributed by atoms with Gasteiger partial charge in [-0.2, -0.15) is 0 Å². The molecule has 2 aromatic rings. The van der Waals surface area contributed by atoms with Gasteiger partial charge in [-0.25, -0.2) is 9.18 Å². The lowest BCUT2D eigenvalue weighted by Crippen LogP contribution is -2.50. The fourth-order valence-electron chi connectivity index (χ4n) is 3.90. The molecule has 184 valence electrons. The molecule has 0 saturated heterocycles. The number of anilines is 2. The van der Waals surface area contributed by atoms with Crippen LogP contribution in [0.1, 0.15) is 24.2 Å². The Hall–Kier alpha value is -3.33. The van der Waals surface area contributed by atoms with E-state index in [0.717, 1.165) is 5.69 Å². The van der Waals surface area contributed by atoms with Gasteiger partial charge in [0.25, 0.3) is 5.91 Å². The van der Waals surface area contributed by atoms with E-state index in [2.05, 4.69) is 5.32 Å². The van der Waals surface area contributed by atoms with E-state index in [1.807, 2.05) is 32.0 Å². The average molecular weight is 473 g/mol. The number of urea groups is 1. The Morgan fingerprint density at radius 2 is 1.91 bits per heavy atom. The summed E-state index contributed by atoms with van der Waals surface area (Å²) in [5.74, 6) is -0.262. The third-order valence-corrected chi connectivity index (χ3v) is 6.05. The van der Waals surface area contributed by atoms with Gasteiger partial charge in [-0.05, 0) is 43.3 Å². The molecule has 0 bridgehead atoms. The molecule has 8 nitrogen and oxygen atoms in total. The fourth-order valence-corrected chi connectivity index (χ4v) is 3.90. The van der Waals surface area contributed by atoms with Gasteiger partial charge < -0.3 is 29.9 Å². The highest BCUT2D eigenvalue weighted by Gasteiger charge is 2.35. The second-order valence-corrected chi connectivity index (χ2v) is 8.99. The SMILES string of the molecule is C[C@@H]1CN([C@@H](C)CO)C(=O)c2cccc(N(C)C)c2O[C@@H]1CN(C)C(=O)Nc1ccc(F)cc1. The highest BCUT2D eigenvalue weighted by atomic mass is 19.1. The van der Waals surface area contributed by atoms with Gasteiger partial charge in [0.1, 0.15) is 11.9 Å². The molecule has 0 radical (unpaired) electrons. The van der Waals surface area contributed by atoms with Gasteiger partial charge in [-0.3, -0.25) is 4.79 Å². The zero-order valence-electron chi connectivity index (χ0n) is 20.3. The number of likely N-dealkylation sites (N-methyl/N-ethyl adjacent to an activating group) is 1. The molecule has 34 heavy (non-hydrogen) atoms. The van der Waals surface area contributed by atoms with Crippen LogP contribution in [0.5, 0.6) is 5.75 Å². The van der Waals surface area contributed by atoms with Gasteiger partial charge >= 0.3 is 6.03 Å². The number of amides is 3. The summed E-state index contributed by atoms with van der Waals surface area (Å²) in [5.41, 5.74) is 1.65. The number of aliphatic hydroxyl groups is 1. The first-order valence-electron chi connectivity index (χ1n) is 11.3. The number of benzene rings is 2. The lowest BCUT2D eigenvalue weighted by molar-refractivity contribution is 0.0372. The van der Waals surface area contributed by atoms with Crippen molar-refractivity contribution in [2.45, 2.75) is 26.0 Å². The maximum Gasteiger partial charge on any atom is 0.321 e. The largest absolute Gasteiger partial charge is 0.485 e. The Bertz CT molecular complexity index is 1010. The van der Waals surface area contributed by atoms with Crippen molar-refractivity contribution < 1.29 is 23.8 Å². The molecule has 0 unspecified atom stereocenters. The van der Waals surface area contributed by atoms with Crippen molar-refractivity contribution in [1.82, 2.24) is 9.80 Å². The molecule has 9 heteroatoms. The van der Waals surface area contributed by atoms with Gasteiger partial charge in [0.15, 0.2) is 5.75 Å². The van der Waals surface area contributed by atoms with E-state index in [1.54, 1.807) is 31.0 Å². The van der Waals surface area contributed by atoms with E-state index in [9.17, 15) is 19.1 Å². The first kappa shape index (κ1) is 25.3. The van der Waals surface area contributed by atoms with Crippen LogP contribution in [0.25, 0.3) is 0 Å². The molecular formula is C25H33FN4O4. The number of carbonyl (C=O) groups is 2. The average Bonchev–Trinajstić information content (AvgIpc) is 2.81. The molecule has 0 aromatic heterocycles. The highest BCUT2D eigenvalue weighted by Crippen LogP contribution is 2.36. The van der Waals surface area contributed by atoms with Crippen molar-refractivity contribution in [2.75, 3.05) is 51.1 Å². The molecule has 3 amide bonds. The highest BCUT2D eigenvalue weighted by molar-refractivity contribution is 5.99. The predicted molar refractivity (Wildman–Crippen MR) is 130 cm³/mol. The van der Waals surface area contributed by atoms with Crippen molar-refractivity contribution in [3.63, 3.8) is 0 Å². The number of carbonyl (C=O) groups excluding carboxylic acids is 2. The number of para-hydroxylation sites is 1. The van der Waals surface area contributed by atoms with Gasteiger partial charge in [0.2, 0.25) is 0 Å².